The average molecular weight is 218 g/mol. The Kier molecular flexibility index (Phi) is 6.10. The van der Waals surface area contributed by atoms with Gasteiger partial charge in [-0.25, -0.2) is 0 Å². The van der Waals surface area contributed by atoms with Crippen LogP contribution in [-0.4, -0.2) is 0 Å². The van der Waals surface area contributed by atoms with Crippen LogP contribution in [0.1, 0.15) is 62.8 Å². The van der Waals surface area contributed by atoms with Crippen LogP contribution in [0.3, 0.4) is 0 Å². The van der Waals surface area contributed by atoms with Crippen LogP contribution in [0.2, 0.25) is 0 Å². The van der Waals surface area contributed by atoms with Gasteiger partial charge in [-0.05, 0) is 48.9 Å². The van der Waals surface area contributed by atoms with E-state index in [2.05, 4.69) is 53.3 Å². The lowest BCUT2D eigenvalue weighted by Crippen LogP contribution is -1.96. The average Bonchev–Trinajstić information content (AvgIpc) is 2.19. The second-order valence-corrected chi connectivity index (χ2v) is 4.46. The molecule has 16 heavy (non-hydrogen) atoms. The van der Waals surface area contributed by atoms with Crippen LogP contribution in [0.5, 0.6) is 0 Å². The first kappa shape index (κ1) is 15.0. The largest absolute Gasteiger partial charge is 0.0955 e. The minimum atomic E-state index is 0.591. The SMILES string of the molecule is C=C(C)c1cc(C(C)C)c(C)cc1C.CC. The number of rotatable bonds is 2. The molecule has 0 spiro atoms. The summed E-state index contributed by atoms with van der Waals surface area (Å²) in [5, 5.41) is 0. The van der Waals surface area contributed by atoms with Crippen molar-refractivity contribution in [2.45, 2.75) is 54.4 Å². The van der Waals surface area contributed by atoms with Gasteiger partial charge in [0.05, 0.1) is 0 Å². The maximum absolute atomic E-state index is 4.02. The Labute approximate surface area is 101 Å². The Morgan fingerprint density at radius 2 is 1.56 bits per heavy atom. The van der Waals surface area contributed by atoms with Gasteiger partial charge in [0.2, 0.25) is 0 Å². The number of benzene rings is 1. The molecule has 0 radical (unpaired) electrons. The van der Waals surface area contributed by atoms with E-state index < -0.39 is 0 Å². The van der Waals surface area contributed by atoms with Crippen molar-refractivity contribution in [2.75, 3.05) is 0 Å². The molecule has 1 aromatic carbocycles. The predicted molar refractivity (Wildman–Crippen MR) is 76.1 cm³/mol. The normalized spacial score (nSPS) is 9.75. The molecule has 1 rings (SSSR count). The van der Waals surface area contributed by atoms with E-state index in [0.717, 1.165) is 5.57 Å². The van der Waals surface area contributed by atoms with Crippen molar-refractivity contribution < 1.29 is 0 Å². The number of aryl methyl sites for hydroxylation is 2. The zero-order valence-electron chi connectivity index (χ0n) is 11.9. The molecule has 0 unspecified atom stereocenters. The van der Waals surface area contributed by atoms with Crippen molar-refractivity contribution in [2.24, 2.45) is 0 Å². The van der Waals surface area contributed by atoms with Crippen LogP contribution in [-0.2, 0) is 0 Å². The molecule has 0 amide bonds. The number of hydrogen-bond donors (Lipinski definition) is 0. The molecule has 1 aromatic rings. The van der Waals surface area contributed by atoms with Crippen molar-refractivity contribution in [3.05, 3.63) is 41.0 Å². The first-order valence-corrected chi connectivity index (χ1v) is 6.20. The van der Waals surface area contributed by atoms with E-state index in [9.17, 15) is 0 Å². The lowest BCUT2D eigenvalue weighted by molar-refractivity contribution is 0.855. The maximum Gasteiger partial charge on any atom is -0.0201 e. The highest BCUT2D eigenvalue weighted by Gasteiger charge is 2.07. The van der Waals surface area contributed by atoms with Gasteiger partial charge in [-0.3, -0.25) is 0 Å². The molecular weight excluding hydrogens is 192 g/mol. The highest BCUT2D eigenvalue weighted by atomic mass is 14.1. The highest BCUT2D eigenvalue weighted by molar-refractivity contribution is 5.66. The monoisotopic (exact) mass is 218 g/mol. The Bertz CT molecular complexity index is 357. The summed E-state index contributed by atoms with van der Waals surface area (Å²) in [6.45, 7) is 18.9. The molecule has 0 fully saturated rings. The highest BCUT2D eigenvalue weighted by Crippen LogP contribution is 2.26. The Hall–Kier alpha value is -1.04. The summed E-state index contributed by atoms with van der Waals surface area (Å²) in [4.78, 5) is 0. The summed E-state index contributed by atoms with van der Waals surface area (Å²) in [5.41, 5.74) is 6.62. The van der Waals surface area contributed by atoms with Gasteiger partial charge >= 0.3 is 0 Å². The van der Waals surface area contributed by atoms with Crippen molar-refractivity contribution >= 4 is 5.57 Å². The summed E-state index contributed by atoms with van der Waals surface area (Å²) < 4.78 is 0. The van der Waals surface area contributed by atoms with Crippen molar-refractivity contribution in [3.8, 4) is 0 Å². The van der Waals surface area contributed by atoms with Crippen LogP contribution in [0.25, 0.3) is 5.57 Å². The number of allylic oxidation sites excluding steroid dienone is 1. The molecule has 0 heterocycles. The lowest BCUT2D eigenvalue weighted by Gasteiger charge is -2.14. The number of hydrogen-bond acceptors (Lipinski definition) is 0. The summed E-state index contributed by atoms with van der Waals surface area (Å²) in [7, 11) is 0. The Morgan fingerprint density at radius 3 is 1.94 bits per heavy atom. The first-order valence-electron chi connectivity index (χ1n) is 6.20. The van der Waals surface area contributed by atoms with Crippen LogP contribution in [0.4, 0.5) is 0 Å². The Balaban J connectivity index is 0.00000106. The third-order valence-electron chi connectivity index (χ3n) is 2.69. The van der Waals surface area contributed by atoms with E-state index in [1.54, 1.807) is 0 Å². The molecule has 0 nitrogen and oxygen atoms in total. The van der Waals surface area contributed by atoms with E-state index in [1.807, 2.05) is 13.8 Å². The van der Waals surface area contributed by atoms with Crippen molar-refractivity contribution in [3.63, 3.8) is 0 Å². The van der Waals surface area contributed by atoms with Crippen molar-refractivity contribution in [1.82, 2.24) is 0 Å². The molecule has 0 bridgehead atoms. The summed E-state index contributed by atoms with van der Waals surface area (Å²) in [6, 6.07) is 4.55. The zero-order chi connectivity index (χ0) is 12.9. The van der Waals surface area contributed by atoms with Gasteiger partial charge in [-0.15, -0.1) is 0 Å². The first-order chi connectivity index (χ1) is 7.43. The minimum Gasteiger partial charge on any atom is -0.0955 e. The molecule has 0 aliphatic rings. The van der Waals surface area contributed by atoms with Gasteiger partial charge in [0.1, 0.15) is 0 Å². The molecular formula is C16H26. The van der Waals surface area contributed by atoms with Gasteiger partial charge in [0.25, 0.3) is 0 Å². The maximum atomic E-state index is 4.02. The second-order valence-electron chi connectivity index (χ2n) is 4.46. The van der Waals surface area contributed by atoms with Crippen LogP contribution >= 0.6 is 0 Å². The van der Waals surface area contributed by atoms with Gasteiger partial charge in [0.15, 0.2) is 0 Å². The van der Waals surface area contributed by atoms with E-state index in [-0.39, 0.29) is 0 Å². The van der Waals surface area contributed by atoms with Gasteiger partial charge in [0, 0.05) is 0 Å². The van der Waals surface area contributed by atoms with Crippen LogP contribution in [0, 0.1) is 13.8 Å². The molecule has 0 aliphatic heterocycles. The van der Waals surface area contributed by atoms with Crippen molar-refractivity contribution in [1.29, 1.82) is 0 Å². The van der Waals surface area contributed by atoms with Gasteiger partial charge in [-0.2, -0.15) is 0 Å². The third kappa shape index (κ3) is 3.52. The fraction of sp³-hybridized carbons (Fsp3) is 0.500. The lowest BCUT2D eigenvalue weighted by atomic mass is 9.91. The fourth-order valence-electron chi connectivity index (χ4n) is 1.95. The topological polar surface area (TPSA) is 0 Å². The summed E-state index contributed by atoms with van der Waals surface area (Å²) >= 11 is 0. The molecule has 0 aliphatic carbocycles. The van der Waals surface area contributed by atoms with E-state index in [0.29, 0.717) is 5.92 Å². The second kappa shape index (κ2) is 6.52. The van der Waals surface area contributed by atoms with E-state index >= 15 is 0 Å². The fourth-order valence-corrected chi connectivity index (χ4v) is 1.95. The molecule has 0 aromatic heterocycles. The summed E-state index contributed by atoms with van der Waals surface area (Å²) in [6.07, 6.45) is 0. The Morgan fingerprint density at radius 1 is 1.06 bits per heavy atom. The van der Waals surface area contributed by atoms with E-state index in [4.69, 9.17) is 0 Å². The molecule has 90 valence electrons. The van der Waals surface area contributed by atoms with E-state index in [1.165, 1.54) is 22.3 Å². The third-order valence-corrected chi connectivity index (χ3v) is 2.69. The summed E-state index contributed by atoms with van der Waals surface area (Å²) in [5.74, 6) is 0.591. The zero-order valence-corrected chi connectivity index (χ0v) is 11.9. The molecule has 0 saturated heterocycles. The molecule has 0 N–H and O–H groups in total. The van der Waals surface area contributed by atoms with Crippen LogP contribution in [0.15, 0.2) is 18.7 Å². The molecule has 0 heteroatoms. The molecule has 0 saturated carbocycles. The van der Waals surface area contributed by atoms with Crippen LogP contribution < -0.4 is 0 Å². The molecule has 0 atom stereocenters. The minimum absolute atomic E-state index is 0.591. The standard InChI is InChI=1S/C14H20.C2H6/c1-9(2)13-8-14(10(3)4)12(6)7-11(13)5;1-2/h7-8,10H,1H2,2-6H3;1-2H3. The smallest absolute Gasteiger partial charge is 0.0201 e. The van der Waals surface area contributed by atoms with Gasteiger partial charge in [-0.1, -0.05) is 52.0 Å². The predicted octanol–water partition coefficient (Wildman–Crippen LogP) is 5.49. The quantitative estimate of drug-likeness (QED) is 0.616. The van der Waals surface area contributed by atoms with Gasteiger partial charge < -0.3 is 0 Å².